The van der Waals surface area contributed by atoms with Crippen molar-refractivity contribution in [1.82, 2.24) is 4.90 Å². The molecule has 1 fully saturated rings. The van der Waals surface area contributed by atoms with Crippen LogP contribution < -0.4 is 5.32 Å². The minimum absolute atomic E-state index is 0.0168. The first-order valence-electron chi connectivity index (χ1n) is 6.64. The highest BCUT2D eigenvalue weighted by molar-refractivity contribution is 5.97. The van der Waals surface area contributed by atoms with Crippen LogP contribution in [0.4, 0.5) is 10.1 Å². The van der Waals surface area contributed by atoms with Crippen LogP contribution in [0.25, 0.3) is 0 Å². The van der Waals surface area contributed by atoms with Crippen molar-refractivity contribution in [3.63, 3.8) is 0 Å². The summed E-state index contributed by atoms with van der Waals surface area (Å²) in [4.78, 5) is 25.8. The average molecular weight is 278 g/mol. The summed E-state index contributed by atoms with van der Waals surface area (Å²) in [5, 5.41) is 2.66. The molecule has 2 rings (SSSR count). The van der Waals surface area contributed by atoms with Crippen molar-refractivity contribution < 1.29 is 14.0 Å². The number of likely N-dealkylation sites (tertiary alicyclic amines) is 1. The number of hydrogen-bond acceptors (Lipinski definition) is 2. The van der Waals surface area contributed by atoms with Gasteiger partial charge in [-0.2, -0.15) is 0 Å². The maximum Gasteiger partial charge on any atom is 0.229 e. The number of rotatable bonds is 2. The molecule has 1 aliphatic rings. The fourth-order valence-electron chi connectivity index (χ4n) is 2.34. The predicted octanol–water partition coefficient (Wildman–Crippen LogP) is 2.41. The van der Waals surface area contributed by atoms with Gasteiger partial charge in [0.25, 0.3) is 0 Å². The van der Waals surface area contributed by atoms with Crippen molar-refractivity contribution in [1.29, 1.82) is 0 Å². The first-order valence-corrected chi connectivity index (χ1v) is 6.64. The lowest BCUT2D eigenvalue weighted by molar-refractivity contribution is -0.131. The number of nitrogens with zero attached hydrogens (tertiary/aromatic N) is 1. The zero-order chi connectivity index (χ0) is 14.9. The SMILES string of the molecule is CC(C)(C)N1CC(C(=O)Nc2cccc(F)c2)CC1=O. The van der Waals surface area contributed by atoms with Gasteiger partial charge in [0.15, 0.2) is 0 Å². The van der Waals surface area contributed by atoms with Crippen LogP contribution in [0.15, 0.2) is 24.3 Å². The Morgan fingerprint density at radius 3 is 2.65 bits per heavy atom. The normalized spacial score (nSPS) is 19.3. The molecule has 0 aliphatic carbocycles. The molecule has 0 aromatic heterocycles. The summed E-state index contributed by atoms with van der Waals surface area (Å²) >= 11 is 0. The molecule has 108 valence electrons. The highest BCUT2D eigenvalue weighted by Gasteiger charge is 2.39. The molecule has 2 amide bonds. The van der Waals surface area contributed by atoms with Gasteiger partial charge in [0, 0.05) is 24.2 Å². The van der Waals surface area contributed by atoms with E-state index in [4.69, 9.17) is 0 Å². The molecule has 0 bridgehead atoms. The van der Waals surface area contributed by atoms with Crippen LogP contribution in [0.2, 0.25) is 0 Å². The van der Waals surface area contributed by atoms with E-state index in [2.05, 4.69) is 5.32 Å². The van der Waals surface area contributed by atoms with Crippen molar-refractivity contribution in [3.8, 4) is 0 Å². The van der Waals surface area contributed by atoms with E-state index in [-0.39, 0.29) is 29.7 Å². The maximum atomic E-state index is 13.1. The second-order valence-corrected chi connectivity index (χ2v) is 6.08. The quantitative estimate of drug-likeness (QED) is 0.903. The van der Waals surface area contributed by atoms with E-state index in [9.17, 15) is 14.0 Å². The number of benzene rings is 1. The Morgan fingerprint density at radius 2 is 2.10 bits per heavy atom. The largest absolute Gasteiger partial charge is 0.337 e. The summed E-state index contributed by atoms with van der Waals surface area (Å²) < 4.78 is 13.1. The molecular formula is C15H19FN2O2. The van der Waals surface area contributed by atoms with Crippen molar-refractivity contribution >= 4 is 17.5 Å². The number of carbonyl (C=O) groups is 2. The average Bonchev–Trinajstić information content (AvgIpc) is 2.71. The zero-order valence-corrected chi connectivity index (χ0v) is 11.9. The fourth-order valence-corrected chi connectivity index (χ4v) is 2.34. The van der Waals surface area contributed by atoms with Crippen LogP contribution in [-0.2, 0) is 9.59 Å². The molecule has 5 heteroatoms. The Morgan fingerprint density at radius 1 is 1.40 bits per heavy atom. The molecule has 1 aromatic carbocycles. The first-order chi connectivity index (χ1) is 9.27. The van der Waals surface area contributed by atoms with Gasteiger partial charge in [-0.05, 0) is 39.0 Å². The van der Waals surface area contributed by atoms with Crippen LogP contribution >= 0.6 is 0 Å². The predicted molar refractivity (Wildman–Crippen MR) is 74.6 cm³/mol. The highest BCUT2D eigenvalue weighted by Crippen LogP contribution is 2.26. The minimum Gasteiger partial charge on any atom is -0.337 e. The van der Waals surface area contributed by atoms with Crippen LogP contribution in [0.5, 0.6) is 0 Å². The smallest absolute Gasteiger partial charge is 0.229 e. The molecule has 1 aromatic rings. The summed E-state index contributed by atoms with van der Waals surface area (Å²) in [6.45, 7) is 6.23. The number of carbonyl (C=O) groups excluding carboxylic acids is 2. The summed E-state index contributed by atoms with van der Waals surface area (Å²) in [5.41, 5.74) is 0.127. The van der Waals surface area contributed by atoms with Gasteiger partial charge in [-0.1, -0.05) is 6.07 Å². The third-order valence-electron chi connectivity index (χ3n) is 3.40. The maximum absolute atomic E-state index is 13.1. The summed E-state index contributed by atoms with van der Waals surface area (Å²) in [5.74, 6) is -1.04. The van der Waals surface area contributed by atoms with Gasteiger partial charge in [-0.3, -0.25) is 9.59 Å². The number of hydrogen-bond donors (Lipinski definition) is 1. The molecule has 4 nitrogen and oxygen atoms in total. The van der Waals surface area contributed by atoms with E-state index in [1.807, 2.05) is 20.8 Å². The van der Waals surface area contributed by atoms with Crippen molar-refractivity contribution in [2.45, 2.75) is 32.7 Å². The van der Waals surface area contributed by atoms with E-state index in [0.29, 0.717) is 12.2 Å². The summed E-state index contributed by atoms with van der Waals surface area (Å²) in [7, 11) is 0. The third-order valence-corrected chi connectivity index (χ3v) is 3.40. The second-order valence-electron chi connectivity index (χ2n) is 6.08. The minimum atomic E-state index is -0.401. The molecular weight excluding hydrogens is 259 g/mol. The van der Waals surface area contributed by atoms with Gasteiger partial charge < -0.3 is 10.2 Å². The van der Waals surface area contributed by atoms with Gasteiger partial charge in [0.05, 0.1) is 5.92 Å². The van der Waals surface area contributed by atoms with Crippen LogP contribution in [0, 0.1) is 11.7 Å². The van der Waals surface area contributed by atoms with Gasteiger partial charge >= 0.3 is 0 Å². The van der Waals surface area contributed by atoms with Gasteiger partial charge in [0.2, 0.25) is 11.8 Å². The lowest BCUT2D eigenvalue weighted by Crippen LogP contribution is -2.42. The molecule has 0 saturated carbocycles. The Hall–Kier alpha value is -1.91. The summed E-state index contributed by atoms with van der Waals surface area (Å²) in [6.07, 6.45) is 0.207. The lowest BCUT2D eigenvalue weighted by Gasteiger charge is -2.31. The summed E-state index contributed by atoms with van der Waals surface area (Å²) in [6, 6.07) is 5.73. The van der Waals surface area contributed by atoms with E-state index in [0.717, 1.165) is 0 Å². The molecule has 1 aliphatic heterocycles. The van der Waals surface area contributed by atoms with E-state index in [1.165, 1.54) is 18.2 Å². The van der Waals surface area contributed by atoms with Crippen LogP contribution in [-0.4, -0.2) is 28.8 Å². The molecule has 1 atom stereocenters. The lowest BCUT2D eigenvalue weighted by atomic mass is 10.1. The van der Waals surface area contributed by atoms with E-state index < -0.39 is 5.82 Å². The number of anilines is 1. The Balaban J connectivity index is 2.03. The van der Waals surface area contributed by atoms with Crippen molar-refractivity contribution in [3.05, 3.63) is 30.1 Å². The van der Waals surface area contributed by atoms with Crippen LogP contribution in [0.3, 0.4) is 0 Å². The second kappa shape index (κ2) is 5.23. The molecule has 0 radical (unpaired) electrons. The first kappa shape index (κ1) is 14.5. The molecule has 1 heterocycles. The fraction of sp³-hybridized carbons (Fsp3) is 0.467. The van der Waals surface area contributed by atoms with Crippen molar-refractivity contribution in [2.24, 2.45) is 5.92 Å². The van der Waals surface area contributed by atoms with Crippen molar-refractivity contribution in [2.75, 3.05) is 11.9 Å². The highest BCUT2D eigenvalue weighted by atomic mass is 19.1. The van der Waals surface area contributed by atoms with Gasteiger partial charge in [-0.25, -0.2) is 4.39 Å². The molecule has 1 unspecified atom stereocenters. The number of halogens is 1. The van der Waals surface area contributed by atoms with E-state index in [1.54, 1.807) is 11.0 Å². The number of amides is 2. The third kappa shape index (κ3) is 3.15. The van der Waals surface area contributed by atoms with E-state index >= 15 is 0 Å². The standard InChI is InChI=1S/C15H19FN2O2/c1-15(2,3)18-9-10(7-13(18)19)14(20)17-12-6-4-5-11(16)8-12/h4-6,8,10H,7,9H2,1-3H3,(H,17,20). The topological polar surface area (TPSA) is 49.4 Å². The Labute approximate surface area is 118 Å². The monoisotopic (exact) mass is 278 g/mol. The molecule has 20 heavy (non-hydrogen) atoms. The zero-order valence-electron chi connectivity index (χ0n) is 11.9. The van der Waals surface area contributed by atoms with Crippen LogP contribution in [0.1, 0.15) is 27.2 Å². The molecule has 0 spiro atoms. The Bertz CT molecular complexity index is 537. The van der Waals surface area contributed by atoms with Gasteiger partial charge in [-0.15, -0.1) is 0 Å². The van der Waals surface area contributed by atoms with Gasteiger partial charge in [0.1, 0.15) is 5.82 Å². The molecule has 1 saturated heterocycles. The number of nitrogens with one attached hydrogen (secondary N) is 1. The Kier molecular flexibility index (Phi) is 3.79. The molecule has 1 N–H and O–H groups in total.